The van der Waals surface area contributed by atoms with Gasteiger partial charge < -0.3 is 9.84 Å². The molecule has 0 aromatic carbocycles. The predicted octanol–water partition coefficient (Wildman–Crippen LogP) is 2.17. The van der Waals surface area contributed by atoms with Crippen LogP contribution in [0.3, 0.4) is 0 Å². The van der Waals surface area contributed by atoms with Gasteiger partial charge in [0, 0.05) is 6.07 Å². The summed E-state index contributed by atoms with van der Waals surface area (Å²) < 4.78 is 29.3. The first-order chi connectivity index (χ1) is 6.60. The first kappa shape index (κ1) is 11.1. The van der Waals surface area contributed by atoms with Crippen molar-refractivity contribution in [3.8, 4) is 5.75 Å². The second-order valence-corrected chi connectivity index (χ2v) is 2.85. The summed E-state index contributed by atoms with van der Waals surface area (Å²) in [6.45, 7) is -0.504. The number of aliphatic hydroxyl groups is 1. The van der Waals surface area contributed by atoms with Crippen LogP contribution in [0, 0.1) is 0 Å². The highest BCUT2D eigenvalue weighted by Crippen LogP contribution is 2.30. The Balaban J connectivity index is 3.25. The molecule has 1 aromatic heterocycles. The van der Waals surface area contributed by atoms with Gasteiger partial charge in [-0.25, -0.2) is 13.8 Å². The van der Waals surface area contributed by atoms with E-state index in [1.165, 1.54) is 7.11 Å². The first-order valence-electron chi connectivity index (χ1n) is 3.72. The predicted molar refractivity (Wildman–Crippen MR) is 46.7 cm³/mol. The number of nitrogens with zero attached hydrogens (tertiary/aromatic N) is 1. The fourth-order valence-electron chi connectivity index (χ4n) is 0.942. The lowest BCUT2D eigenvalue weighted by molar-refractivity contribution is 0.144. The van der Waals surface area contributed by atoms with Gasteiger partial charge in [0.2, 0.25) is 0 Å². The second-order valence-electron chi connectivity index (χ2n) is 2.47. The summed E-state index contributed by atoms with van der Waals surface area (Å²) in [5, 5.41) is 8.85. The lowest BCUT2D eigenvalue weighted by atomic mass is 10.3. The van der Waals surface area contributed by atoms with E-state index in [0.29, 0.717) is 0 Å². The Hall–Kier alpha value is -0.940. The van der Waals surface area contributed by atoms with E-state index in [1.807, 2.05) is 0 Å². The maximum atomic E-state index is 12.3. The number of hydrogen-bond donors (Lipinski definition) is 1. The van der Waals surface area contributed by atoms with E-state index in [-0.39, 0.29) is 16.5 Å². The average Bonchev–Trinajstić information content (AvgIpc) is 2.17. The van der Waals surface area contributed by atoms with Crippen molar-refractivity contribution in [2.45, 2.75) is 13.0 Å². The van der Waals surface area contributed by atoms with Crippen LogP contribution in [0.4, 0.5) is 8.78 Å². The number of ether oxygens (including phenoxy) is 1. The molecule has 0 atom stereocenters. The Morgan fingerprint density at radius 2 is 2.29 bits per heavy atom. The fraction of sp³-hybridized carbons (Fsp3) is 0.375. The van der Waals surface area contributed by atoms with Gasteiger partial charge in [-0.05, 0) is 0 Å². The third kappa shape index (κ3) is 2.10. The number of rotatable bonds is 3. The summed E-state index contributed by atoms with van der Waals surface area (Å²) >= 11 is 5.69. The fourth-order valence-corrected chi connectivity index (χ4v) is 1.18. The molecule has 0 amide bonds. The Morgan fingerprint density at radius 1 is 1.64 bits per heavy atom. The van der Waals surface area contributed by atoms with E-state index < -0.39 is 18.7 Å². The molecule has 14 heavy (non-hydrogen) atoms. The zero-order chi connectivity index (χ0) is 10.7. The molecule has 0 bridgehead atoms. The highest BCUT2D eigenvalue weighted by Gasteiger charge is 2.16. The van der Waals surface area contributed by atoms with Crippen molar-refractivity contribution in [2.24, 2.45) is 0 Å². The molecule has 1 aromatic rings. The van der Waals surface area contributed by atoms with Crippen LogP contribution in [0.1, 0.15) is 17.8 Å². The molecule has 0 aliphatic carbocycles. The molecule has 0 fully saturated rings. The van der Waals surface area contributed by atoms with E-state index in [9.17, 15) is 8.78 Å². The number of alkyl halides is 2. The summed E-state index contributed by atoms with van der Waals surface area (Å²) in [7, 11) is 1.30. The van der Waals surface area contributed by atoms with Crippen molar-refractivity contribution in [3.63, 3.8) is 0 Å². The molecular formula is C8H8ClF2NO2. The number of pyridine rings is 1. The number of aliphatic hydroxyl groups excluding tert-OH is 1. The van der Waals surface area contributed by atoms with Crippen molar-refractivity contribution >= 4 is 11.6 Å². The molecule has 0 saturated heterocycles. The van der Waals surface area contributed by atoms with Crippen LogP contribution in [0.15, 0.2) is 6.07 Å². The number of halogens is 3. The molecule has 0 radical (unpaired) electrons. The smallest absolute Gasteiger partial charge is 0.280 e. The van der Waals surface area contributed by atoms with Crippen LogP contribution in [-0.2, 0) is 6.61 Å². The van der Waals surface area contributed by atoms with Crippen molar-refractivity contribution in [3.05, 3.63) is 22.5 Å². The van der Waals surface area contributed by atoms with Gasteiger partial charge in [-0.3, -0.25) is 0 Å². The standard InChI is InChI=1S/C8H8ClF2NO2/c1-14-6-2-4(8(10)11)12-5(3-13)7(6)9/h2,8,13H,3H2,1H3. The van der Waals surface area contributed by atoms with Crippen LogP contribution >= 0.6 is 11.6 Å². The Kier molecular flexibility index (Phi) is 3.60. The molecule has 0 saturated carbocycles. The lowest BCUT2D eigenvalue weighted by Crippen LogP contribution is -2.00. The molecule has 0 aliphatic rings. The molecule has 0 aliphatic heterocycles. The van der Waals surface area contributed by atoms with E-state index in [2.05, 4.69) is 4.98 Å². The topological polar surface area (TPSA) is 42.4 Å². The van der Waals surface area contributed by atoms with E-state index in [4.69, 9.17) is 21.4 Å². The molecule has 1 rings (SSSR count). The van der Waals surface area contributed by atoms with E-state index in [1.54, 1.807) is 0 Å². The molecule has 6 heteroatoms. The first-order valence-corrected chi connectivity index (χ1v) is 4.10. The molecule has 1 N–H and O–H groups in total. The summed E-state index contributed by atoms with van der Waals surface area (Å²) in [5.74, 6) is 0.0843. The minimum Gasteiger partial charge on any atom is -0.495 e. The van der Waals surface area contributed by atoms with Crippen LogP contribution < -0.4 is 4.74 Å². The lowest BCUT2D eigenvalue weighted by Gasteiger charge is -2.08. The van der Waals surface area contributed by atoms with E-state index in [0.717, 1.165) is 6.07 Å². The largest absolute Gasteiger partial charge is 0.495 e. The highest BCUT2D eigenvalue weighted by molar-refractivity contribution is 6.32. The monoisotopic (exact) mass is 223 g/mol. The van der Waals surface area contributed by atoms with Gasteiger partial charge in [-0.15, -0.1) is 0 Å². The second kappa shape index (κ2) is 4.52. The third-order valence-electron chi connectivity index (χ3n) is 1.61. The molecule has 3 nitrogen and oxygen atoms in total. The third-order valence-corrected chi connectivity index (χ3v) is 2.01. The zero-order valence-electron chi connectivity index (χ0n) is 7.30. The number of hydrogen-bond acceptors (Lipinski definition) is 3. The Bertz CT molecular complexity index is 308. The van der Waals surface area contributed by atoms with E-state index >= 15 is 0 Å². The zero-order valence-corrected chi connectivity index (χ0v) is 8.05. The number of aromatic nitrogens is 1. The Morgan fingerprint density at radius 3 is 2.71 bits per heavy atom. The average molecular weight is 224 g/mol. The minimum absolute atomic E-state index is 0.0127. The van der Waals surface area contributed by atoms with Crippen LogP contribution in [0.25, 0.3) is 0 Å². The minimum atomic E-state index is -2.72. The SMILES string of the molecule is COc1cc(C(F)F)nc(CO)c1Cl. The van der Waals surface area contributed by atoms with Crippen molar-refractivity contribution in [1.82, 2.24) is 4.98 Å². The highest BCUT2D eigenvalue weighted by atomic mass is 35.5. The quantitative estimate of drug-likeness (QED) is 0.854. The van der Waals surface area contributed by atoms with Crippen LogP contribution in [0.5, 0.6) is 5.75 Å². The van der Waals surface area contributed by atoms with Gasteiger partial charge in [-0.1, -0.05) is 11.6 Å². The summed E-state index contributed by atoms with van der Waals surface area (Å²) in [6.07, 6.45) is -2.72. The van der Waals surface area contributed by atoms with Gasteiger partial charge in [0.25, 0.3) is 6.43 Å². The van der Waals surface area contributed by atoms with Crippen molar-refractivity contribution < 1.29 is 18.6 Å². The summed E-state index contributed by atoms with van der Waals surface area (Å²) in [4.78, 5) is 3.49. The molecule has 0 unspecified atom stereocenters. The summed E-state index contributed by atoms with van der Waals surface area (Å²) in [6, 6.07) is 1.05. The van der Waals surface area contributed by atoms with Gasteiger partial charge in [-0.2, -0.15) is 0 Å². The normalized spacial score (nSPS) is 10.7. The molecule has 0 spiro atoms. The molecule has 1 heterocycles. The molecule has 78 valence electrons. The van der Waals surface area contributed by atoms with Crippen molar-refractivity contribution in [1.29, 1.82) is 0 Å². The molecular weight excluding hydrogens is 216 g/mol. The summed E-state index contributed by atoms with van der Waals surface area (Å²) in [5.41, 5.74) is -0.475. The van der Waals surface area contributed by atoms with Crippen LogP contribution in [0.2, 0.25) is 5.02 Å². The van der Waals surface area contributed by atoms with Gasteiger partial charge in [0.1, 0.15) is 16.5 Å². The van der Waals surface area contributed by atoms with Gasteiger partial charge >= 0.3 is 0 Å². The van der Waals surface area contributed by atoms with Crippen molar-refractivity contribution in [2.75, 3.05) is 7.11 Å². The Labute approximate surface area is 84.3 Å². The van der Waals surface area contributed by atoms with Gasteiger partial charge in [0.15, 0.2) is 0 Å². The maximum Gasteiger partial charge on any atom is 0.280 e. The van der Waals surface area contributed by atoms with Crippen LogP contribution in [-0.4, -0.2) is 17.2 Å². The maximum absolute atomic E-state index is 12.3. The van der Waals surface area contributed by atoms with Gasteiger partial charge in [0.05, 0.1) is 19.4 Å². The number of methoxy groups -OCH3 is 1.